The molecule has 0 radical (unpaired) electrons. The van der Waals surface area contributed by atoms with Gasteiger partial charge in [0.1, 0.15) is 0 Å². The summed E-state index contributed by atoms with van der Waals surface area (Å²) in [5.74, 6) is 1.71. The van der Waals surface area contributed by atoms with Gasteiger partial charge in [-0.3, -0.25) is 0 Å². The second kappa shape index (κ2) is 5.01. The minimum Gasteiger partial charge on any atom is -0.316 e. The molecule has 0 spiro atoms. The molecule has 0 amide bonds. The highest BCUT2D eigenvalue weighted by molar-refractivity contribution is 5.36. The summed E-state index contributed by atoms with van der Waals surface area (Å²) in [6.45, 7) is 9.00. The normalized spacial score (nSPS) is 23.4. The van der Waals surface area contributed by atoms with Crippen LogP contribution in [0.15, 0.2) is 18.2 Å². The fourth-order valence-corrected chi connectivity index (χ4v) is 2.56. The summed E-state index contributed by atoms with van der Waals surface area (Å²) in [5, 5.41) is 3.53. The zero-order chi connectivity index (χ0) is 11.5. The zero-order valence-corrected chi connectivity index (χ0v) is 10.7. The van der Waals surface area contributed by atoms with Crippen molar-refractivity contribution in [1.29, 1.82) is 0 Å². The van der Waals surface area contributed by atoms with E-state index in [4.69, 9.17) is 0 Å². The van der Waals surface area contributed by atoms with Gasteiger partial charge in [0.25, 0.3) is 0 Å². The molecule has 0 aliphatic heterocycles. The van der Waals surface area contributed by atoms with Crippen molar-refractivity contribution in [2.45, 2.75) is 39.5 Å². The molecule has 1 fully saturated rings. The number of rotatable bonds is 5. The van der Waals surface area contributed by atoms with Crippen molar-refractivity contribution in [2.24, 2.45) is 5.92 Å². The molecule has 2 rings (SSSR count). The quantitative estimate of drug-likeness (QED) is 0.745. The SMILES string of the molecule is CCCNCC1CC1c1ccc(C)cc1C. The maximum absolute atomic E-state index is 3.53. The Hall–Kier alpha value is -0.820. The van der Waals surface area contributed by atoms with Crippen molar-refractivity contribution in [3.05, 3.63) is 34.9 Å². The third kappa shape index (κ3) is 2.65. The first-order valence-corrected chi connectivity index (χ1v) is 6.50. The molecule has 0 bridgehead atoms. The van der Waals surface area contributed by atoms with Crippen LogP contribution in [0.25, 0.3) is 0 Å². The Balaban J connectivity index is 1.90. The highest BCUT2D eigenvalue weighted by Gasteiger charge is 2.38. The van der Waals surface area contributed by atoms with Crippen molar-refractivity contribution < 1.29 is 0 Å². The van der Waals surface area contributed by atoms with E-state index in [1.54, 1.807) is 5.56 Å². The summed E-state index contributed by atoms with van der Waals surface area (Å²) >= 11 is 0. The smallest absolute Gasteiger partial charge is 0.00144 e. The van der Waals surface area contributed by atoms with Gasteiger partial charge in [-0.05, 0) is 62.7 Å². The molecule has 2 unspecified atom stereocenters. The Bertz CT molecular complexity index is 356. The van der Waals surface area contributed by atoms with Crippen molar-refractivity contribution in [1.82, 2.24) is 5.32 Å². The largest absolute Gasteiger partial charge is 0.316 e. The molecule has 0 saturated heterocycles. The second-order valence-corrected chi connectivity index (χ2v) is 5.17. The van der Waals surface area contributed by atoms with Crippen LogP contribution in [0.4, 0.5) is 0 Å². The predicted molar refractivity (Wildman–Crippen MR) is 69.9 cm³/mol. The Kier molecular flexibility index (Phi) is 3.65. The maximum atomic E-state index is 3.53. The number of benzene rings is 1. The van der Waals surface area contributed by atoms with Crippen LogP contribution in [0.5, 0.6) is 0 Å². The Morgan fingerprint density at radius 3 is 2.81 bits per heavy atom. The molecule has 1 aromatic carbocycles. The summed E-state index contributed by atoms with van der Waals surface area (Å²) in [6, 6.07) is 6.89. The molecular weight excluding hydrogens is 194 g/mol. The molecule has 16 heavy (non-hydrogen) atoms. The van der Waals surface area contributed by atoms with Gasteiger partial charge in [-0.2, -0.15) is 0 Å². The van der Waals surface area contributed by atoms with E-state index in [0.29, 0.717) is 0 Å². The molecule has 1 aliphatic rings. The monoisotopic (exact) mass is 217 g/mol. The van der Waals surface area contributed by atoms with E-state index in [9.17, 15) is 0 Å². The van der Waals surface area contributed by atoms with Crippen LogP contribution in [0.3, 0.4) is 0 Å². The van der Waals surface area contributed by atoms with Crippen LogP contribution >= 0.6 is 0 Å². The lowest BCUT2D eigenvalue weighted by Gasteiger charge is -2.07. The first-order chi connectivity index (χ1) is 7.72. The lowest BCUT2D eigenvalue weighted by Crippen LogP contribution is -2.17. The van der Waals surface area contributed by atoms with Crippen LogP contribution in [0.2, 0.25) is 0 Å². The van der Waals surface area contributed by atoms with E-state index < -0.39 is 0 Å². The van der Waals surface area contributed by atoms with Gasteiger partial charge < -0.3 is 5.32 Å². The Morgan fingerprint density at radius 1 is 1.31 bits per heavy atom. The summed E-state index contributed by atoms with van der Waals surface area (Å²) < 4.78 is 0. The summed E-state index contributed by atoms with van der Waals surface area (Å²) in [4.78, 5) is 0. The van der Waals surface area contributed by atoms with Gasteiger partial charge in [0.15, 0.2) is 0 Å². The molecule has 2 atom stereocenters. The standard InChI is InChI=1S/C15H23N/c1-4-7-16-10-13-9-15(13)14-6-5-11(2)8-12(14)3/h5-6,8,13,15-16H,4,7,9-10H2,1-3H3. The number of hydrogen-bond acceptors (Lipinski definition) is 1. The van der Waals surface area contributed by atoms with Gasteiger partial charge in [-0.25, -0.2) is 0 Å². The summed E-state index contributed by atoms with van der Waals surface area (Å²) in [5.41, 5.74) is 4.43. The van der Waals surface area contributed by atoms with E-state index >= 15 is 0 Å². The van der Waals surface area contributed by atoms with Gasteiger partial charge in [0.2, 0.25) is 0 Å². The van der Waals surface area contributed by atoms with Crippen molar-refractivity contribution >= 4 is 0 Å². The van der Waals surface area contributed by atoms with Crippen LogP contribution in [-0.2, 0) is 0 Å². The lowest BCUT2D eigenvalue weighted by atomic mass is 10.0. The number of aryl methyl sites for hydroxylation is 2. The van der Waals surface area contributed by atoms with Crippen molar-refractivity contribution in [3.63, 3.8) is 0 Å². The lowest BCUT2D eigenvalue weighted by molar-refractivity contribution is 0.619. The van der Waals surface area contributed by atoms with Gasteiger partial charge in [-0.15, -0.1) is 0 Å². The molecule has 0 aromatic heterocycles. The molecule has 88 valence electrons. The third-order valence-electron chi connectivity index (χ3n) is 3.58. The maximum Gasteiger partial charge on any atom is -0.00144 e. The molecule has 1 nitrogen and oxygen atoms in total. The first-order valence-electron chi connectivity index (χ1n) is 6.50. The molecule has 1 heteroatoms. The molecule has 1 saturated carbocycles. The average Bonchev–Trinajstić information content (AvgIpc) is 2.98. The first kappa shape index (κ1) is 11.7. The van der Waals surface area contributed by atoms with Crippen LogP contribution in [0.1, 0.15) is 42.4 Å². The Labute approximate surface area is 99.3 Å². The van der Waals surface area contributed by atoms with E-state index in [1.165, 1.54) is 30.5 Å². The van der Waals surface area contributed by atoms with Crippen LogP contribution in [0, 0.1) is 19.8 Å². The van der Waals surface area contributed by atoms with Gasteiger partial charge in [0.05, 0.1) is 0 Å². The van der Waals surface area contributed by atoms with Gasteiger partial charge >= 0.3 is 0 Å². The van der Waals surface area contributed by atoms with E-state index in [0.717, 1.165) is 18.4 Å². The topological polar surface area (TPSA) is 12.0 Å². The highest BCUT2D eigenvalue weighted by Crippen LogP contribution is 2.48. The molecular formula is C15H23N. The molecule has 1 aliphatic carbocycles. The van der Waals surface area contributed by atoms with E-state index in [1.807, 2.05) is 0 Å². The molecule has 0 heterocycles. The second-order valence-electron chi connectivity index (χ2n) is 5.17. The van der Waals surface area contributed by atoms with Crippen molar-refractivity contribution in [2.75, 3.05) is 13.1 Å². The number of hydrogen-bond donors (Lipinski definition) is 1. The summed E-state index contributed by atoms with van der Waals surface area (Å²) in [6.07, 6.45) is 2.61. The van der Waals surface area contributed by atoms with E-state index in [-0.39, 0.29) is 0 Å². The Morgan fingerprint density at radius 2 is 2.12 bits per heavy atom. The zero-order valence-electron chi connectivity index (χ0n) is 10.7. The van der Waals surface area contributed by atoms with Gasteiger partial charge in [0, 0.05) is 0 Å². The average molecular weight is 217 g/mol. The van der Waals surface area contributed by atoms with Crippen molar-refractivity contribution in [3.8, 4) is 0 Å². The summed E-state index contributed by atoms with van der Waals surface area (Å²) in [7, 11) is 0. The third-order valence-corrected chi connectivity index (χ3v) is 3.58. The van der Waals surface area contributed by atoms with Crippen LogP contribution in [-0.4, -0.2) is 13.1 Å². The van der Waals surface area contributed by atoms with E-state index in [2.05, 4.69) is 44.3 Å². The highest BCUT2D eigenvalue weighted by atomic mass is 14.9. The fraction of sp³-hybridized carbons (Fsp3) is 0.600. The number of nitrogens with one attached hydrogen (secondary N) is 1. The van der Waals surface area contributed by atoms with Crippen LogP contribution < -0.4 is 5.32 Å². The predicted octanol–water partition coefficient (Wildman–Crippen LogP) is 3.41. The van der Waals surface area contributed by atoms with Gasteiger partial charge in [-0.1, -0.05) is 30.7 Å². The minimum atomic E-state index is 0.824. The minimum absolute atomic E-state index is 0.824. The molecule has 1 N–H and O–H groups in total. The fourth-order valence-electron chi connectivity index (χ4n) is 2.56. The molecule has 1 aromatic rings.